The number of rotatable bonds is 10. The Bertz CT molecular complexity index is 293. The summed E-state index contributed by atoms with van der Waals surface area (Å²) < 4.78 is 0. The van der Waals surface area contributed by atoms with Crippen molar-refractivity contribution in [3.8, 4) is 0 Å². The van der Waals surface area contributed by atoms with Gasteiger partial charge in [-0.3, -0.25) is 9.69 Å². The second-order valence-electron chi connectivity index (χ2n) is 6.69. The first-order valence-corrected chi connectivity index (χ1v) is 8.69. The van der Waals surface area contributed by atoms with Gasteiger partial charge in [0.05, 0.1) is 12.1 Å². The summed E-state index contributed by atoms with van der Waals surface area (Å²) in [4.78, 5) is 16.4. The Labute approximate surface area is 130 Å². The van der Waals surface area contributed by atoms with E-state index < -0.39 is 5.60 Å². The summed E-state index contributed by atoms with van der Waals surface area (Å²) >= 11 is 0. The lowest BCUT2D eigenvalue weighted by molar-refractivity contribution is -0.133. The largest absolute Gasteiger partial charge is 0.389 e. The van der Waals surface area contributed by atoms with Crippen molar-refractivity contribution in [3.05, 3.63) is 0 Å². The highest BCUT2D eigenvalue weighted by Crippen LogP contribution is 2.29. The van der Waals surface area contributed by atoms with Gasteiger partial charge in [-0.1, -0.05) is 39.5 Å². The molecule has 1 aliphatic rings. The molecule has 0 saturated heterocycles. The minimum atomic E-state index is -0.563. The second kappa shape index (κ2) is 9.42. The van der Waals surface area contributed by atoms with Gasteiger partial charge < -0.3 is 10.0 Å². The number of aliphatic hydroxyl groups is 1. The molecule has 0 unspecified atom stereocenters. The van der Waals surface area contributed by atoms with Crippen molar-refractivity contribution in [2.45, 2.75) is 70.8 Å². The third-order valence-electron chi connectivity index (χ3n) is 4.42. The standard InChI is InChI=1S/C17H34N2O2/c1-4-6-12-19(13-7-5-2)16(20)14-18(3)15-17(21)10-8-9-11-17/h21H,4-15H2,1-3H3. The molecule has 0 aromatic carbocycles. The highest BCUT2D eigenvalue weighted by Gasteiger charge is 2.32. The number of nitrogens with zero attached hydrogens (tertiary/aromatic N) is 2. The lowest BCUT2D eigenvalue weighted by atomic mass is 10.0. The lowest BCUT2D eigenvalue weighted by Crippen LogP contribution is -2.45. The van der Waals surface area contributed by atoms with E-state index in [1.165, 1.54) is 0 Å². The third kappa shape index (κ3) is 6.79. The maximum atomic E-state index is 12.4. The van der Waals surface area contributed by atoms with Crippen LogP contribution in [-0.2, 0) is 4.79 Å². The van der Waals surface area contributed by atoms with E-state index >= 15 is 0 Å². The maximum absolute atomic E-state index is 12.4. The SMILES string of the molecule is CCCCN(CCCC)C(=O)CN(C)CC1(O)CCCC1. The summed E-state index contributed by atoms with van der Waals surface area (Å²) in [5.74, 6) is 0.209. The minimum absolute atomic E-state index is 0.209. The normalized spacial score (nSPS) is 17.4. The van der Waals surface area contributed by atoms with Crippen LogP contribution in [0.3, 0.4) is 0 Å². The highest BCUT2D eigenvalue weighted by molar-refractivity contribution is 5.78. The molecule has 0 aliphatic heterocycles. The number of unbranched alkanes of at least 4 members (excludes halogenated alkanes) is 2. The number of carbonyl (C=O) groups is 1. The minimum Gasteiger partial charge on any atom is -0.389 e. The van der Waals surface area contributed by atoms with Crippen molar-refractivity contribution in [1.29, 1.82) is 0 Å². The molecule has 0 spiro atoms. The molecule has 0 bridgehead atoms. The van der Waals surface area contributed by atoms with Crippen LogP contribution in [0.15, 0.2) is 0 Å². The zero-order chi connectivity index (χ0) is 15.7. The molecule has 1 saturated carbocycles. The molecule has 21 heavy (non-hydrogen) atoms. The molecule has 1 aliphatic carbocycles. The fourth-order valence-electron chi connectivity index (χ4n) is 3.14. The van der Waals surface area contributed by atoms with Crippen LogP contribution in [0.1, 0.15) is 65.2 Å². The van der Waals surface area contributed by atoms with E-state index in [-0.39, 0.29) is 5.91 Å². The first-order chi connectivity index (χ1) is 10.0. The molecule has 1 rings (SSSR count). The number of amides is 1. The van der Waals surface area contributed by atoms with E-state index in [0.717, 1.165) is 64.5 Å². The van der Waals surface area contributed by atoms with E-state index in [0.29, 0.717) is 13.1 Å². The molecule has 4 nitrogen and oxygen atoms in total. The molecule has 4 heteroatoms. The molecular formula is C17H34N2O2. The van der Waals surface area contributed by atoms with E-state index in [2.05, 4.69) is 13.8 Å². The summed E-state index contributed by atoms with van der Waals surface area (Å²) in [5.41, 5.74) is -0.563. The van der Waals surface area contributed by atoms with Crippen molar-refractivity contribution in [2.24, 2.45) is 0 Å². The zero-order valence-electron chi connectivity index (χ0n) is 14.2. The van der Waals surface area contributed by atoms with Gasteiger partial charge in [0.1, 0.15) is 0 Å². The van der Waals surface area contributed by atoms with Crippen LogP contribution in [0.2, 0.25) is 0 Å². The first kappa shape index (κ1) is 18.4. The van der Waals surface area contributed by atoms with Gasteiger partial charge in [-0.15, -0.1) is 0 Å². The second-order valence-corrected chi connectivity index (χ2v) is 6.69. The first-order valence-electron chi connectivity index (χ1n) is 8.69. The summed E-state index contributed by atoms with van der Waals surface area (Å²) in [6.07, 6.45) is 8.35. The van der Waals surface area contributed by atoms with Crippen molar-refractivity contribution in [3.63, 3.8) is 0 Å². The molecule has 0 aromatic rings. The molecule has 0 radical (unpaired) electrons. The van der Waals surface area contributed by atoms with Crippen LogP contribution < -0.4 is 0 Å². The molecule has 0 heterocycles. The third-order valence-corrected chi connectivity index (χ3v) is 4.42. The van der Waals surface area contributed by atoms with Crippen LogP contribution >= 0.6 is 0 Å². The Kier molecular flexibility index (Phi) is 8.27. The maximum Gasteiger partial charge on any atom is 0.236 e. The monoisotopic (exact) mass is 298 g/mol. The average molecular weight is 298 g/mol. The van der Waals surface area contributed by atoms with E-state index in [1.54, 1.807) is 0 Å². The molecular weight excluding hydrogens is 264 g/mol. The fraction of sp³-hybridized carbons (Fsp3) is 0.941. The predicted octanol–water partition coefficient (Wildman–Crippen LogP) is 2.65. The van der Waals surface area contributed by atoms with Crippen LogP contribution in [0, 0.1) is 0 Å². The van der Waals surface area contributed by atoms with E-state index in [4.69, 9.17) is 0 Å². The Morgan fingerprint density at radius 1 is 1.10 bits per heavy atom. The smallest absolute Gasteiger partial charge is 0.236 e. The van der Waals surface area contributed by atoms with Crippen molar-refractivity contribution < 1.29 is 9.90 Å². The van der Waals surface area contributed by atoms with Crippen molar-refractivity contribution in [2.75, 3.05) is 33.2 Å². The van der Waals surface area contributed by atoms with Gasteiger partial charge in [0, 0.05) is 19.6 Å². The number of likely N-dealkylation sites (N-methyl/N-ethyl adjacent to an activating group) is 1. The summed E-state index contributed by atoms with van der Waals surface area (Å²) in [7, 11) is 1.95. The van der Waals surface area contributed by atoms with Crippen LogP contribution in [0.4, 0.5) is 0 Å². The van der Waals surface area contributed by atoms with Crippen LogP contribution in [-0.4, -0.2) is 59.6 Å². The lowest BCUT2D eigenvalue weighted by Gasteiger charge is -2.30. The van der Waals surface area contributed by atoms with Gasteiger partial charge in [-0.25, -0.2) is 0 Å². The topological polar surface area (TPSA) is 43.8 Å². The van der Waals surface area contributed by atoms with Gasteiger partial charge in [-0.05, 0) is 32.7 Å². The van der Waals surface area contributed by atoms with E-state index in [9.17, 15) is 9.90 Å². The van der Waals surface area contributed by atoms with Gasteiger partial charge in [0.25, 0.3) is 0 Å². The summed E-state index contributed by atoms with van der Waals surface area (Å²) in [6, 6.07) is 0. The zero-order valence-corrected chi connectivity index (χ0v) is 14.2. The Morgan fingerprint density at radius 3 is 2.10 bits per heavy atom. The molecule has 0 atom stereocenters. The van der Waals surface area contributed by atoms with Crippen LogP contribution in [0.5, 0.6) is 0 Å². The molecule has 1 fully saturated rings. The van der Waals surface area contributed by atoms with Gasteiger partial charge in [-0.2, -0.15) is 0 Å². The number of carbonyl (C=O) groups excluding carboxylic acids is 1. The average Bonchev–Trinajstić information content (AvgIpc) is 2.84. The molecule has 124 valence electrons. The number of hydrogen-bond acceptors (Lipinski definition) is 3. The summed E-state index contributed by atoms with van der Waals surface area (Å²) in [5, 5.41) is 10.4. The van der Waals surface area contributed by atoms with Gasteiger partial charge >= 0.3 is 0 Å². The Hall–Kier alpha value is -0.610. The quantitative estimate of drug-likeness (QED) is 0.674. The van der Waals surface area contributed by atoms with Gasteiger partial charge in [0.15, 0.2) is 0 Å². The molecule has 1 amide bonds. The predicted molar refractivity (Wildman–Crippen MR) is 87.3 cm³/mol. The van der Waals surface area contributed by atoms with Crippen molar-refractivity contribution >= 4 is 5.91 Å². The van der Waals surface area contributed by atoms with Crippen molar-refractivity contribution in [1.82, 2.24) is 9.80 Å². The fourth-order valence-corrected chi connectivity index (χ4v) is 3.14. The number of hydrogen-bond donors (Lipinski definition) is 1. The van der Waals surface area contributed by atoms with Gasteiger partial charge in [0.2, 0.25) is 5.91 Å². The Balaban J connectivity index is 2.42. The molecule has 0 aromatic heterocycles. The molecule has 1 N–H and O–H groups in total. The highest BCUT2D eigenvalue weighted by atomic mass is 16.3. The summed E-state index contributed by atoms with van der Waals surface area (Å²) in [6.45, 7) is 7.10. The van der Waals surface area contributed by atoms with Crippen LogP contribution in [0.25, 0.3) is 0 Å². The van der Waals surface area contributed by atoms with E-state index in [1.807, 2.05) is 16.8 Å². The Morgan fingerprint density at radius 2 is 1.62 bits per heavy atom.